The number of nitrogens with one attached hydrogen (secondary N) is 1. The molecule has 0 saturated carbocycles. The Hall–Kier alpha value is -1.33. The molecule has 0 aromatic carbocycles. The maximum atomic E-state index is 12.2. The first kappa shape index (κ1) is 11.7. The zero-order valence-corrected chi connectivity index (χ0v) is 8.57. The SMILES string of the molecule is Cc1nc(C(F)(F)F)[nH]c(=O)c1C(C)C. The maximum absolute atomic E-state index is 12.2. The van der Waals surface area contributed by atoms with Crippen LogP contribution in [0.15, 0.2) is 4.79 Å². The van der Waals surface area contributed by atoms with Crippen molar-refractivity contribution in [1.29, 1.82) is 0 Å². The molecule has 1 heterocycles. The van der Waals surface area contributed by atoms with Gasteiger partial charge >= 0.3 is 6.18 Å². The molecule has 0 aliphatic rings. The number of hydrogen-bond donors (Lipinski definition) is 1. The minimum atomic E-state index is -4.61. The van der Waals surface area contributed by atoms with E-state index in [1.807, 2.05) is 0 Å². The number of hydrogen-bond acceptors (Lipinski definition) is 2. The zero-order chi connectivity index (χ0) is 11.8. The van der Waals surface area contributed by atoms with Gasteiger partial charge in [-0.25, -0.2) is 4.98 Å². The molecule has 0 spiro atoms. The highest BCUT2D eigenvalue weighted by Crippen LogP contribution is 2.26. The van der Waals surface area contributed by atoms with Crippen molar-refractivity contribution in [3.63, 3.8) is 0 Å². The van der Waals surface area contributed by atoms with Crippen LogP contribution in [0.4, 0.5) is 13.2 Å². The van der Waals surface area contributed by atoms with Crippen LogP contribution in [0.2, 0.25) is 0 Å². The average molecular weight is 220 g/mol. The highest BCUT2D eigenvalue weighted by Gasteiger charge is 2.34. The van der Waals surface area contributed by atoms with Crippen LogP contribution in [0.5, 0.6) is 0 Å². The normalized spacial score (nSPS) is 12.2. The third-order valence-corrected chi connectivity index (χ3v) is 1.99. The smallest absolute Gasteiger partial charge is 0.303 e. The van der Waals surface area contributed by atoms with Crippen LogP contribution in [-0.2, 0) is 6.18 Å². The largest absolute Gasteiger partial charge is 0.449 e. The Morgan fingerprint density at radius 2 is 1.87 bits per heavy atom. The van der Waals surface area contributed by atoms with Gasteiger partial charge < -0.3 is 4.98 Å². The topological polar surface area (TPSA) is 45.8 Å². The van der Waals surface area contributed by atoms with Crippen molar-refractivity contribution in [3.05, 3.63) is 27.4 Å². The molecule has 0 atom stereocenters. The number of aryl methyl sites for hydroxylation is 1. The van der Waals surface area contributed by atoms with E-state index in [0.29, 0.717) is 5.56 Å². The van der Waals surface area contributed by atoms with Crippen molar-refractivity contribution >= 4 is 0 Å². The predicted molar refractivity (Wildman–Crippen MR) is 48.7 cm³/mol. The maximum Gasteiger partial charge on any atom is 0.449 e. The lowest BCUT2D eigenvalue weighted by Gasteiger charge is -2.11. The Morgan fingerprint density at radius 1 is 1.33 bits per heavy atom. The first-order chi connectivity index (χ1) is 6.73. The van der Waals surface area contributed by atoms with Crippen molar-refractivity contribution in [2.45, 2.75) is 32.9 Å². The lowest BCUT2D eigenvalue weighted by molar-refractivity contribution is -0.145. The van der Waals surface area contributed by atoms with Crippen LogP contribution in [0.1, 0.15) is 36.8 Å². The molecule has 0 bridgehead atoms. The van der Waals surface area contributed by atoms with Gasteiger partial charge in [0, 0.05) is 11.3 Å². The fourth-order valence-electron chi connectivity index (χ4n) is 1.41. The van der Waals surface area contributed by atoms with Gasteiger partial charge in [0.1, 0.15) is 0 Å². The second-order valence-electron chi connectivity index (χ2n) is 3.57. The summed E-state index contributed by atoms with van der Waals surface area (Å²) in [6.07, 6.45) is -4.61. The minimum absolute atomic E-state index is 0.126. The number of alkyl halides is 3. The lowest BCUT2D eigenvalue weighted by Crippen LogP contribution is -2.24. The fourth-order valence-corrected chi connectivity index (χ4v) is 1.41. The van der Waals surface area contributed by atoms with E-state index in [-0.39, 0.29) is 11.6 Å². The van der Waals surface area contributed by atoms with Crippen LogP contribution in [0.25, 0.3) is 0 Å². The summed E-state index contributed by atoms with van der Waals surface area (Å²) < 4.78 is 36.7. The molecule has 0 unspecified atom stereocenters. The number of rotatable bonds is 1. The van der Waals surface area contributed by atoms with Crippen LogP contribution in [0, 0.1) is 6.92 Å². The van der Waals surface area contributed by atoms with Crippen LogP contribution in [-0.4, -0.2) is 9.97 Å². The van der Waals surface area contributed by atoms with Crippen molar-refractivity contribution in [1.82, 2.24) is 9.97 Å². The van der Waals surface area contributed by atoms with Gasteiger partial charge in [0.15, 0.2) is 0 Å². The minimum Gasteiger partial charge on any atom is -0.303 e. The third-order valence-electron chi connectivity index (χ3n) is 1.99. The van der Waals surface area contributed by atoms with Gasteiger partial charge in [0.2, 0.25) is 5.82 Å². The summed E-state index contributed by atoms with van der Waals surface area (Å²) in [5.41, 5.74) is -0.297. The molecule has 0 fully saturated rings. The van der Waals surface area contributed by atoms with E-state index >= 15 is 0 Å². The summed E-state index contributed by atoms with van der Waals surface area (Å²) >= 11 is 0. The van der Waals surface area contributed by atoms with Gasteiger partial charge in [-0.2, -0.15) is 13.2 Å². The molecule has 15 heavy (non-hydrogen) atoms. The monoisotopic (exact) mass is 220 g/mol. The average Bonchev–Trinajstić information content (AvgIpc) is 1.99. The molecule has 1 N–H and O–H groups in total. The molecule has 0 radical (unpaired) electrons. The summed E-state index contributed by atoms with van der Waals surface area (Å²) in [5.74, 6) is -1.39. The van der Waals surface area contributed by atoms with Gasteiger partial charge in [0.05, 0.1) is 0 Å². The zero-order valence-electron chi connectivity index (χ0n) is 8.57. The fraction of sp³-hybridized carbons (Fsp3) is 0.556. The molecular weight excluding hydrogens is 209 g/mol. The third kappa shape index (κ3) is 2.37. The molecule has 1 aromatic rings. The van der Waals surface area contributed by atoms with Gasteiger partial charge in [-0.1, -0.05) is 13.8 Å². The Labute approximate surface area is 84.4 Å². The second kappa shape index (κ2) is 3.67. The summed E-state index contributed by atoms with van der Waals surface area (Å²) in [6.45, 7) is 4.86. The molecule has 1 aromatic heterocycles. The van der Waals surface area contributed by atoms with Gasteiger partial charge in [-0.3, -0.25) is 4.79 Å². The first-order valence-electron chi connectivity index (χ1n) is 4.41. The highest BCUT2D eigenvalue weighted by molar-refractivity contribution is 5.20. The van der Waals surface area contributed by atoms with E-state index in [0.717, 1.165) is 0 Å². The molecule has 3 nitrogen and oxygen atoms in total. The van der Waals surface area contributed by atoms with E-state index in [1.54, 1.807) is 18.8 Å². The van der Waals surface area contributed by atoms with Gasteiger partial charge in [0.25, 0.3) is 5.56 Å². The Kier molecular flexibility index (Phi) is 2.88. The second-order valence-corrected chi connectivity index (χ2v) is 3.57. The Balaban J connectivity index is 3.39. The van der Waals surface area contributed by atoms with E-state index in [4.69, 9.17) is 0 Å². The van der Waals surface area contributed by atoms with Gasteiger partial charge in [-0.15, -0.1) is 0 Å². The highest BCUT2D eigenvalue weighted by atomic mass is 19.4. The molecule has 0 aliphatic carbocycles. The van der Waals surface area contributed by atoms with Crippen LogP contribution >= 0.6 is 0 Å². The Bertz CT molecular complexity index is 420. The lowest BCUT2D eigenvalue weighted by atomic mass is 10.0. The molecule has 6 heteroatoms. The quantitative estimate of drug-likeness (QED) is 0.788. The molecule has 84 valence electrons. The number of nitrogens with zero attached hydrogens (tertiary/aromatic N) is 1. The molecular formula is C9H11F3N2O. The van der Waals surface area contributed by atoms with E-state index in [2.05, 4.69) is 4.98 Å². The number of aromatic amines is 1. The van der Waals surface area contributed by atoms with Crippen molar-refractivity contribution in [3.8, 4) is 0 Å². The van der Waals surface area contributed by atoms with Crippen LogP contribution in [0.3, 0.4) is 0 Å². The van der Waals surface area contributed by atoms with E-state index < -0.39 is 17.6 Å². The summed E-state index contributed by atoms with van der Waals surface area (Å²) in [6, 6.07) is 0. The Morgan fingerprint density at radius 3 is 2.20 bits per heavy atom. The van der Waals surface area contributed by atoms with Crippen molar-refractivity contribution < 1.29 is 13.2 Å². The molecule has 1 rings (SSSR count). The van der Waals surface area contributed by atoms with Crippen LogP contribution < -0.4 is 5.56 Å². The summed E-state index contributed by atoms with van der Waals surface area (Å²) in [4.78, 5) is 16.4. The molecule has 0 amide bonds. The summed E-state index contributed by atoms with van der Waals surface area (Å²) in [7, 11) is 0. The number of aromatic nitrogens is 2. The summed E-state index contributed by atoms with van der Waals surface area (Å²) in [5, 5.41) is 0. The molecule has 0 aliphatic heterocycles. The molecule has 0 saturated heterocycles. The first-order valence-corrected chi connectivity index (χ1v) is 4.41. The van der Waals surface area contributed by atoms with Gasteiger partial charge in [-0.05, 0) is 12.8 Å². The predicted octanol–water partition coefficient (Wildman–Crippen LogP) is 2.22. The van der Waals surface area contributed by atoms with E-state index in [9.17, 15) is 18.0 Å². The standard InChI is InChI=1S/C9H11F3N2O/c1-4(2)6-5(3)13-8(9(10,11)12)14-7(6)15/h4H,1-3H3,(H,13,14,15). The van der Waals surface area contributed by atoms with E-state index in [1.165, 1.54) is 6.92 Å². The van der Waals surface area contributed by atoms with Crippen molar-refractivity contribution in [2.75, 3.05) is 0 Å². The number of halogens is 3. The number of H-pyrrole nitrogens is 1. The van der Waals surface area contributed by atoms with Crippen molar-refractivity contribution in [2.24, 2.45) is 0 Å².